The first kappa shape index (κ1) is 41.7. The molecule has 0 saturated carbocycles. The average molecular weight is 754 g/mol. The van der Waals surface area contributed by atoms with E-state index in [0.717, 1.165) is 50.5 Å². The molecule has 0 saturated heterocycles. The Hall–Kier alpha value is -4.76. The number of sulfonamides is 2. The van der Waals surface area contributed by atoms with Gasteiger partial charge in [-0.1, -0.05) is 12.1 Å². The second-order valence-electron chi connectivity index (χ2n) is 12.2. The van der Waals surface area contributed by atoms with Crippen molar-refractivity contribution in [2.75, 3.05) is 32.6 Å². The lowest BCUT2D eigenvalue weighted by Crippen LogP contribution is -2.30. The molecule has 0 unspecified atom stereocenters. The normalized spacial score (nSPS) is 11.3. The van der Waals surface area contributed by atoms with E-state index in [1.54, 1.807) is 24.3 Å². The van der Waals surface area contributed by atoms with Crippen LogP contribution in [0.1, 0.15) is 44.5 Å². The molecule has 0 fully saturated rings. The number of rotatable bonds is 12. The number of carbonyl (C=O) groups is 2. The Labute approximate surface area is 307 Å². The van der Waals surface area contributed by atoms with Crippen molar-refractivity contribution in [3.63, 3.8) is 0 Å². The van der Waals surface area contributed by atoms with Crippen molar-refractivity contribution in [2.24, 2.45) is 0 Å². The number of methoxy groups -OCH3 is 2. The molecule has 0 aromatic heterocycles. The van der Waals surface area contributed by atoms with E-state index in [4.69, 9.17) is 4.74 Å². The molecule has 3 N–H and O–H groups in total. The molecule has 0 spiro atoms. The van der Waals surface area contributed by atoms with E-state index in [9.17, 15) is 26.4 Å². The van der Waals surface area contributed by atoms with E-state index in [1.807, 2.05) is 27.7 Å². The van der Waals surface area contributed by atoms with Gasteiger partial charge in [-0.2, -0.15) is 9.44 Å². The summed E-state index contributed by atoms with van der Waals surface area (Å²) in [6.07, 6.45) is 0. The Morgan fingerprint density at radius 3 is 1.31 bits per heavy atom. The molecule has 0 radical (unpaired) electrons. The zero-order valence-corrected chi connectivity index (χ0v) is 32.8. The number of aryl methyl sites for hydroxylation is 4. The first-order valence-corrected chi connectivity index (χ1v) is 19.2. The maximum absolute atomic E-state index is 12.2. The molecule has 4 aromatic rings. The number of benzene rings is 4. The van der Waals surface area contributed by atoms with Crippen molar-refractivity contribution < 1.29 is 40.6 Å². The van der Waals surface area contributed by atoms with Gasteiger partial charge < -0.3 is 19.5 Å². The highest BCUT2D eigenvalue weighted by molar-refractivity contribution is 7.89. The first-order chi connectivity index (χ1) is 24.3. The minimum atomic E-state index is -3.79. The van der Waals surface area contributed by atoms with Crippen LogP contribution in [0, 0.1) is 55.4 Å². The zero-order chi connectivity index (χ0) is 39.0. The van der Waals surface area contributed by atoms with Crippen LogP contribution in [0.4, 0.5) is 11.4 Å². The highest BCUT2D eigenvalue weighted by Gasteiger charge is 2.18. The summed E-state index contributed by atoms with van der Waals surface area (Å²) in [7, 11) is -5.16. The SMILES string of the molecule is COC(=O)CNS(=O)(=O)c1ccc(Nc2c(C)c(C)cc(C)c2C)cc1.COC(=O)CNS(=O)(=O)c1ccc(Oc2c(C)c(C)cc(C)c2C)cc1. The predicted octanol–water partition coefficient (Wildman–Crippen LogP) is 6.28. The maximum atomic E-state index is 12.2. The van der Waals surface area contributed by atoms with Gasteiger partial charge in [0.25, 0.3) is 0 Å². The summed E-state index contributed by atoms with van der Waals surface area (Å²) < 4.78 is 67.9. The van der Waals surface area contributed by atoms with Crippen molar-refractivity contribution in [3.05, 3.63) is 105 Å². The van der Waals surface area contributed by atoms with Crippen LogP contribution >= 0.6 is 0 Å². The van der Waals surface area contributed by atoms with Crippen LogP contribution in [-0.2, 0) is 39.1 Å². The average Bonchev–Trinajstić information content (AvgIpc) is 3.12. The minimum absolute atomic E-state index is 0.0441. The largest absolute Gasteiger partial charge is 0.468 e. The van der Waals surface area contributed by atoms with Gasteiger partial charge in [0.05, 0.1) is 24.0 Å². The van der Waals surface area contributed by atoms with Gasteiger partial charge in [-0.05, 0) is 148 Å². The van der Waals surface area contributed by atoms with Crippen LogP contribution in [0.15, 0.2) is 70.5 Å². The number of carbonyl (C=O) groups excluding carboxylic acids is 2. The quantitative estimate of drug-likeness (QED) is 0.140. The molecular weight excluding hydrogens is 707 g/mol. The number of anilines is 2. The predicted molar refractivity (Wildman–Crippen MR) is 201 cm³/mol. The van der Waals surface area contributed by atoms with Crippen molar-refractivity contribution in [1.29, 1.82) is 0 Å². The van der Waals surface area contributed by atoms with Crippen LogP contribution in [0.5, 0.6) is 11.5 Å². The third-order valence-electron chi connectivity index (χ3n) is 8.72. The summed E-state index contributed by atoms with van der Waals surface area (Å²) in [5.74, 6) is 0.0111. The third-order valence-corrected chi connectivity index (χ3v) is 11.6. The fraction of sp³-hybridized carbons (Fsp3) is 0.316. The Morgan fingerprint density at radius 2 is 0.923 bits per heavy atom. The lowest BCUT2D eigenvalue weighted by atomic mass is 9.98. The first-order valence-electron chi connectivity index (χ1n) is 16.2. The smallest absolute Gasteiger partial charge is 0.320 e. The molecule has 0 amide bonds. The zero-order valence-electron chi connectivity index (χ0n) is 31.2. The summed E-state index contributed by atoms with van der Waals surface area (Å²) in [5.41, 5.74) is 10.9. The van der Waals surface area contributed by atoms with Crippen molar-refractivity contribution >= 4 is 43.4 Å². The molecule has 0 heterocycles. The van der Waals surface area contributed by atoms with E-state index in [0.29, 0.717) is 5.75 Å². The summed E-state index contributed by atoms with van der Waals surface area (Å²) in [6.45, 7) is 15.5. The monoisotopic (exact) mass is 753 g/mol. The Bertz CT molecular complexity index is 1940. The molecule has 280 valence electrons. The molecule has 14 heteroatoms. The molecule has 4 aromatic carbocycles. The summed E-state index contributed by atoms with van der Waals surface area (Å²) in [5, 5.41) is 3.37. The molecular formula is C38H47N3O9S2. The van der Waals surface area contributed by atoms with Gasteiger partial charge in [0, 0.05) is 11.4 Å². The Balaban J connectivity index is 0.000000280. The number of nitrogens with one attached hydrogen (secondary N) is 3. The molecule has 12 nitrogen and oxygen atoms in total. The van der Waals surface area contributed by atoms with Crippen LogP contribution < -0.4 is 19.5 Å². The molecule has 0 atom stereocenters. The highest BCUT2D eigenvalue weighted by Crippen LogP contribution is 2.33. The second kappa shape index (κ2) is 17.6. The van der Waals surface area contributed by atoms with E-state index in [1.165, 1.54) is 49.6 Å². The van der Waals surface area contributed by atoms with E-state index in [-0.39, 0.29) is 9.79 Å². The van der Waals surface area contributed by atoms with Gasteiger partial charge in [-0.25, -0.2) is 16.8 Å². The number of ether oxygens (including phenoxy) is 3. The third kappa shape index (κ3) is 10.6. The topological polar surface area (TPSA) is 166 Å². The van der Waals surface area contributed by atoms with E-state index >= 15 is 0 Å². The molecule has 0 aliphatic heterocycles. The van der Waals surface area contributed by atoms with E-state index in [2.05, 4.69) is 64.1 Å². The van der Waals surface area contributed by atoms with Crippen molar-refractivity contribution in [1.82, 2.24) is 9.44 Å². The molecule has 0 aliphatic rings. The maximum Gasteiger partial charge on any atom is 0.320 e. The standard InChI is InChI=1S/C19H24N2O4S.C19H23NO5S/c1-12-10-13(2)15(4)19(14(12)3)21-16-6-8-17(9-7-16)26(23,24)20-11-18(22)25-5;1-12-10-13(2)15(4)19(14(12)3)25-16-6-8-17(9-7-16)26(22,23)20-11-18(21)24-5/h6-10,20-21H,11H2,1-5H3;6-10,20H,11H2,1-5H3. The van der Waals surface area contributed by atoms with Crippen molar-refractivity contribution in [2.45, 2.75) is 65.2 Å². The molecule has 4 rings (SSSR count). The van der Waals surface area contributed by atoms with Gasteiger partial charge in [0.15, 0.2) is 0 Å². The van der Waals surface area contributed by atoms with Crippen LogP contribution in [0.2, 0.25) is 0 Å². The van der Waals surface area contributed by atoms with Crippen LogP contribution in [0.3, 0.4) is 0 Å². The van der Waals surface area contributed by atoms with Crippen molar-refractivity contribution in [3.8, 4) is 11.5 Å². The minimum Gasteiger partial charge on any atom is -0.468 e. The number of esters is 2. The van der Waals surface area contributed by atoms with Gasteiger partial charge in [0.1, 0.15) is 24.6 Å². The Kier molecular flexibility index (Phi) is 14.1. The van der Waals surface area contributed by atoms with Gasteiger partial charge in [0.2, 0.25) is 20.0 Å². The fourth-order valence-electron chi connectivity index (χ4n) is 5.02. The van der Waals surface area contributed by atoms with Gasteiger partial charge >= 0.3 is 11.9 Å². The second-order valence-corrected chi connectivity index (χ2v) is 15.8. The molecule has 0 aliphatic carbocycles. The van der Waals surface area contributed by atoms with Gasteiger partial charge in [-0.3, -0.25) is 9.59 Å². The Morgan fingerprint density at radius 1 is 0.558 bits per heavy atom. The summed E-state index contributed by atoms with van der Waals surface area (Å²) >= 11 is 0. The summed E-state index contributed by atoms with van der Waals surface area (Å²) in [4.78, 5) is 22.3. The summed E-state index contributed by atoms with van der Waals surface area (Å²) in [6, 6.07) is 16.7. The van der Waals surface area contributed by atoms with E-state index < -0.39 is 45.1 Å². The fourth-order valence-corrected chi connectivity index (χ4v) is 6.96. The van der Waals surface area contributed by atoms with Crippen LogP contribution in [-0.4, -0.2) is 56.1 Å². The lowest BCUT2D eigenvalue weighted by molar-refractivity contribution is -0.140. The molecule has 52 heavy (non-hydrogen) atoms. The van der Waals surface area contributed by atoms with Gasteiger partial charge in [-0.15, -0.1) is 0 Å². The number of hydrogen-bond acceptors (Lipinski definition) is 10. The lowest BCUT2D eigenvalue weighted by Gasteiger charge is -2.17. The van der Waals surface area contributed by atoms with Crippen LogP contribution in [0.25, 0.3) is 0 Å². The highest BCUT2D eigenvalue weighted by atomic mass is 32.2. The number of hydrogen-bond donors (Lipinski definition) is 3. The molecule has 0 bridgehead atoms.